The standard InChI is InChI=1S/C14H12ClFN2O2/c1-18(8-10-11(15)3-2-4-12(10)16)14(20)9-7-17-6-5-13(9)19/h2-7H,8H2,1H3,(H,17,19). The van der Waals surface area contributed by atoms with Crippen molar-refractivity contribution < 1.29 is 9.18 Å². The smallest absolute Gasteiger partial charge is 0.259 e. The summed E-state index contributed by atoms with van der Waals surface area (Å²) in [5, 5.41) is 0.242. The number of carbonyl (C=O) groups is 1. The second-order valence-electron chi connectivity index (χ2n) is 4.28. The summed E-state index contributed by atoms with van der Waals surface area (Å²) in [6.45, 7) is -0.0152. The highest BCUT2D eigenvalue weighted by molar-refractivity contribution is 6.31. The van der Waals surface area contributed by atoms with Gasteiger partial charge in [0.25, 0.3) is 5.91 Å². The molecule has 0 saturated heterocycles. The molecule has 1 heterocycles. The summed E-state index contributed by atoms with van der Waals surface area (Å²) in [6, 6.07) is 5.57. The fourth-order valence-electron chi connectivity index (χ4n) is 1.78. The van der Waals surface area contributed by atoms with Gasteiger partial charge in [-0.3, -0.25) is 9.59 Å². The van der Waals surface area contributed by atoms with Gasteiger partial charge in [0.05, 0.1) is 0 Å². The molecule has 6 heteroatoms. The highest BCUT2D eigenvalue weighted by atomic mass is 35.5. The Morgan fingerprint density at radius 2 is 2.15 bits per heavy atom. The van der Waals surface area contributed by atoms with Crippen molar-refractivity contribution in [3.8, 4) is 0 Å². The molecule has 0 fully saturated rings. The molecule has 2 rings (SSSR count). The molecule has 0 saturated carbocycles. The lowest BCUT2D eigenvalue weighted by atomic mass is 10.2. The summed E-state index contributed by atoms with van der Waals surface area (Å²) in [6.07, 6.45) is 2.76. The molecule has 0 unspecified atom stereocenters. The fraction of sp³-hybridized carbons (Fsp3) is 0.143. The molecule has 1 aromatic heterocycles. The van der Waals surface area contributed by atoms with Crippen LogP contribution in [0.1, 0.15) is 15.9 Å². The number of rotatable bonds is 3. The molecular formula is C14H12ClFN2O2. The second-order valence-corrected chi connectivity index (χ2v) is 4.69. The van der Waals surface area contributed by atoms with Crippen molar-refractivity contribution in [2.45, 2.75) is 6.54 Å². The van der Waals surface area contributed by atoms with Gasteiger partial charge < -0.3 is 9.88 Å². The number of halogens is 2. The summed E-state index contributed by atoms with van der Waals surface area (Å²) in [5.41, 5.74) is -0.167. The summed E-state index contributed by atoms with van der Waals surface area (Å²) in [4.78, 5) is 27.6. The van der Waals surface area contributed by atoms with Gasteiger partial charge >= 0.3 is 0 Å². The molecule has 104 valence electrons. The molecule has 0 spiro atoms. The Labute approximate surface area is 119 Å². The number of hydrogen-bond acceptors (Lipinski definition) is 2. The van der Waals surface area contributed by atoms with Gasteiger partial charge in [-0.05, 0) is 12.1 Å². The van der Waals surface area contributed by atoms with Gasteiger partial charge in [-0.25, -0.2) is 4.39 Å². The molecule has 0 aliphatic rings. The number of nitrogens with zero attached hydrogens (tertiary/aromatic N) is 1. The number of nitrogens with one attached hydrogen (secondary N) is 1. The lowest BCUT2D eigenvalue weighted by Gasteiger charge is -2.18. The van der Waals surface area contributed by atoms with Crippen molar-refractivity contribution in [1.29, 1.82) is 0 Å². The Kier molecular flexibility index (Phi) is 4.20. The zero-order valence-corrected chi connectivity index (χ0v) is 11.4. The van der Waals surface area contributed by atoms with E-state index in [0.717, 1.165) is 0 Å². The van der Waals surface area contributed by atoms with Crippen molar-refractivity contribution in [3.05, 3.63) is 68.8 Å². The Balaban J connectivity index is 2.25. The largest absolute Gasteiger partial charge is 0.367 e. The number of carbonyl (C=O) groups excluding carboxylic acids is 1. The Hall–Kier alpha value is -2.14. The molecule has 0 aliphatic carbocycles. The van der Waals surface area contributed by atoms with E-state index in [0.29, 0.717) is 0 Å². The zero-order valence-electron chi connectivity index (χ0n) is 10.7. The number of aromatic nitrogens is 1. The fourth-order valence-corrected chi connectivity index (χ4v) is 2.00. The first kappa shape index (κ1) is 14.3. The first-order valence-electron chi connectivity index (χ1n) is 5.86. The summed E-state index contributed by atoms with van der Waals surface area (Å²) < 4.78 is 13.7. The van der Waals surface area contributed by atoms with Crippen LogP contribution in [0.3, 0.4) is 0 Å². The molecule has 1 N–H and O–H groups in total. The third-order valence-electron chi connectivity index (χ3n) is 2.86. The molecule has 4 nitrogen and oxygen atoms in total. The number of amides is 1. The lowest BCUT2D eigenvalue weighted by Crippen LogP contribution is -2.30. The molecule has 0 radical (unpaired) electrons. The number of benzene rings is 1. The zero-order chi connectivity index (χ0) is 14.7. The predicted octanol–water partition coefficient (Wildman–Crippen LogP) is 2.44. The van der Waals surface area contributed by atoms with Crippen molar-refractivity contribution >= 4 is 17.5 Å². The van der Waals surface area contributed by atoms with E-state index in [1.807, 2.05) is 0 Å². The van der Waals surface area contributed by atoms with Crippen LogP contribution in [-0.4, -0.2) is 22.8 Å². The van der Waals surface area contributed by atoms with Crippen molar-refractivity contribution in [3.63, 3.8) is 0 Å². The summed E-state index contributed by atoms with van der Waals surface area (Å²) >= 11 is 5.91. The summed E-state index contributed by atoms with van der Waals surface area (Å²) in [7, 11) is 1.48. The van der Waals surface area contributed by atoms with Gasteiger partial charge in [0.2, 0.25) is 0 Å². The van der Waals surface area contributed by atoms with E-state index >= 15 is 0 Å². The van der Waals surface area contributed by atoms with Crippen LogP contribution in [0.25, 0.3) is 0 Å². The van der Waals surface area contributed by atoms with E-state index in [9.17, 15) is 14.0 Å². The minimum atomic E-state index is -0.494. The normalized spacial score (nSPS) is 10.3. The molecule has 0 aliphatic heterocycles. The van der Waals surface area contributed by atoms with Crippen LogP contribution < -0.4 is 5.43 Å². The van der Waals surface area contributed by atoms with E-state index in [4.69, 9.17) is 11.6 Å². The van der Waals surface area contributed by atoms with Crippen LogP contribution >= 0.6 is 11.6 Å². The van der Waals surface area contributed by atoms with E-state index in [1.165, 1.54) is 42.5 Å². The monoisotopic (exact) mass is 294 g/mol. The third-order valence-corrected chi connectivity index (χ3v) is 3.21. The Morgan fingerprint density at radius 1 is 1.40 bits per heavy atom. The first-order valence-corrected chi connectivity index (χ1v) is 6.24. The van der Waals surface area contributed by atoms with Crippen LogP contribution in [0.2, 0.25) is 5.02 Å². The molecule has 0 atom stereocenters. The maximum Gasteiger partial charge on any atom is 0.259 e. The minimum Gasteiger partial charge on any atom is -0.367 e. The van der Waals surface area contributed by atoms with Crippen LogP contribution in [0.5, 0.6) is 0 Å². The van der Waals surface area contributed by atoms with Gasteiger partial charge in [0.15, 0.2) is 5.43 Å². The lowest BCUT2D eigenvalue weighted by molar-refractivity contribution is 0.0782. The Morgan fingerprint density at radius 3 is 2.80 bits per heavy atom. The number of pyridine rings is 1. The van der Waals surface area contributed by atoms with Gasteiger partial charge in [0.1, 0.15) is 11.4 Å². The van der Waals surface area contributed by atoms with Crippen LogP contribution in [0, 0.1) is 5.82 Å². The predicted molar refractivity (Wildman–Crippen MR) is 74.3 cm³/mol. The number of aromatic amines is 1. The van der Waals surface area contributed by atoms with E-state index in [-0.39, 0.29) is 28.1 Å². The quantitative estimate of drug-likeness (QED) is 0.945. The van der Waals surface area contributed by atoms with Gasteiger partial charge in [0, 0.05) is 42.6 Å². The second kappa shape index (κ2) is 5.88. The highest BCUT2D eigenvalue weighted by Gasteiger charge is 2.17. The molecule has 1 amide bonds. The van der Waals surface area contributed by atoms with Crippen molar-refractivity contribution in [2.24, 2.45) is 0 Å². The van der Waals surface area contributed by atoms with Crippen LogP contribution in [0.4, 0.5) is 4.39 Å². The average molecular weight is 295 g/mol. The third kappa shape index (κ3) is 2.88. The maximum absolute atomic E-state index is 13.7. The van der Waals surface area contributed by atoms with Gasteiger partial charge in [-0.15, -0.1) is 0 Å². The van der Waals surface area contributed by atoms with Crippen LogP contribution in [0.15, 0.2) is 41.5 Å². The minimum absolute atomic E-state index is 0.00228. The number of H-pyrrole nitrogens is 1. The van der Waals surface area contributed by atoms with Gasteiger partial charge in [-0.2, -0.15) is 0 Å². The maximum atomic E-state index is 13.7. The van der Waals surface area contributed by atoms with Crippen molar-refractivity contribution in [2.75, 3.05) is 7.05 Å². The Bertz CT molecular complexity index is 679. The van der Waals surface area contributed by atoms with Gasteiger partial charge in [-0.1, -0.05) is 17.7 Å². The van der Waals surface area contributed by atoms with E-state index < -0.39 is 11.7 Å². The highest BCUT2D eigenvalue weighted by Crippen LogP contribution is 2.20. The SMILES string of the molecule is CN(Cc1c(F)cccc1Cl)C(=O)c1c[nH]ccc1=O. The topological polar surface area (TPSA) is 53.2 Å². The molecule has 2 aromatic rings. The molecule has 0 bridgehead atoms. The van der Waals surface area contributed by atoms with Crippen molar-refractivity contribution in [1.82, 2.24) is 9.88 Å². The number of hydrogen-bond donors (Lipinski definition) is 1. The van der Waals surface area contributed by atoms with E-state index in [1.54, 1.807) is 6.07 Å². The molecular weight excluding hydrogens is 283 g/mol. The van der Waals surface area contributed by atoms with Crippen LogP contribution in [-0.2, 0) is 6.54 Å². The molecule has 20 heavy (non-hydrogen) atoms. The average Bonchev–Trinajstić information content (AvgIpc) is 2.42. The first-order chi connectivity index (χ1) is 9.50. The summed E-state index contributed by atoms with van der Waals surface area (Å²) in [5.74, 6) is -0.981. The van der Waals surface area contributed by atoms with E-state index in [2.05, 4.69) is 4.98 Å². The molecule has 1 aromatic carbocycles.